The number of fused-ring (bicyclic) bond motifs is 1. The molecule has 0 aliphatic carbocycles. The summed E-state index contributed by atoms with van der Waals surface area (Å²) in [5, 5.41) is 11.7. The van der Waals surface area contributed by atoms with Crippen LogP contribution in [-0.2, 0) is 6.54 Å². The van der Waals surface area contributed by atoms with Gasteiger partial charge in [0.15, 0.2) is 0 Å². The normalized spacial score (nSPS) is 12.5. The van der Waals surface area contributed by atoms with E-state index in [1.54, 1.807) is 24.4 Å². The first kappa shape index (κ1) is 17.0. The molecule has 1 unspecified atom stereocenters. The number of aromatic nitrogens is 1. The Kier molecular flexibility index (Phi) is 4.72. The summed E-state index contributed by atoms with van der Waals surface area (Å²) in [6.45, 7) is 2.45. The molecule has 0 saturated heterocycles. The number of nitro groups is 1. The Hall–Kier alpha value is -2.86. The zero-order valence-corrected chi connectivity index (χ0v) is 14.0. The number of nitrogens with zero attached hydrogens (tertiary/aromatic N) is 3. The van der Waals surface area contributed by atoms with Crippen molar-refractivity contribution in [2.75, 3.05) is 7.05 Å². The number of non-ortho nitro benzene ring substituents is 1. The Morgan fingerprint density at radius 2 is 2.04 bits per heavy atom. The number of rotatable bonds is 5. The maximum Gasteiger partial charge on any atom is 0.269 e. The van der Waals surface area contributed by atoms with Gasteiger partial charge in [0.05, 0.1) is 10.4 Å². The molecular formula is C19H18FN3O2. The minimum Gasteiger partial charge on any atom is -0.295 e. The maximum atomic E-state index is 13.9. The third kappa shape index (κ3) is 3.64. The highest BCUT2D eigenvalue weighted by atomic mass is 19.1. The average molecular weight is 339 g/mol. The SMILES string of the molecule is CC(c1cccc([N+](=O)[O-])c1)N(C)Cc1cc(F)cc2cccnc12. The second-order valence-electron chi connectivity index (χ2n) is 6.08. The van der Waals surface area contributed by atoms with E-state index in [2.05, 4.69) is 4.98 Å². The lowest BCUT2D eigenvalue weighted by Gasteiger charge is -2.25. The minimum atomic E-state index is -0.403. The van der Waals surface area contributed by atoms with Crippen molar-refractivity contribution in [2.24, 2.45) is 0 Å². The van der Waals surface area contributed by atoms with Crippen molar-refractivity contribution in [3.05, 3.63) is 81.8 Å². The highest BCUT2D eigenvalue weighted by Gasteiger charge is 2.17. The molecular weight excluding hydrogens is 321 g/mol. The molecule has 2 aromatic carbocycles. The molecule has 1 atom stereocenters. The Morgan fingerprint density at radius 1 is 1.24 bits per heavy atom. The van der Waals surface area contributed by atoms with Crippen LogP contribution in [0.2, 0.25) is 0 Å². The van der Waals surface area contributed by atoms with E-state index in [1.807, 2.05) is 31.0 Å². The topological polar surface area (TPSA) is 59.3 Å². The summed E-state index contributed by atoms with van der Waals surface area (Å²) < 4.78 is 13.9. The summed E-state index contributed by atoms with van der Waals surface area (Å²) in [6, 6.07) is 13.1. The van der Waals surface area contributed by atoms with Crippen molar-refractivity contribution in [1.82, 2.24) is 9.88 Å². The summed E-state index contributed by atoms with van der Waals surface area (Å²) in [5.41, 5.74) is 2.46. The van der Waals surface area contributed by atoms with Gasteiger partial charge in [-0.25, -0.2) is 4.39 Å². The van der Waals surface area contributed by atoms with Crippen molar-refractivity contribution in [1.29, 1.82) is 0 Å². The lowest BCUT2D eigenvalue weighted by Crippen LogP contribution is -2.22. The zero-order chi connectivity index (χ0) is 18.0. The van der Waals surface area contributed by atoms with Crippen molar-refractivity contribution >= 4 is 16.6 Å². The molecule has 6 heteroatoms. The Bertz CT molecular complexity index is 929. The van der Waals surface area contributed by atoms with Gasteiger partial charge in [0.1, 0.15) is 5.82 Å². The van der Waals surface area contributed by atoms with Gasteiger partial charge in [0.2, 0.25) is 0 Å². The van der Waals surface area contributed by atoms with Crippen LogP contribution in [-0.4, -0.2) is 21.9 Å². The number of nitro benzene ring substituents is 1. The number of hydrogen-bond donors (Lipinski definition) is 0. The summed E-state index contributed by atoms with van der Waals surface area (Å²) >= 11 is 0. The Labute approximate surface area is 144 Å². The Morgan fingerprint density at radius 3 is 2.80 bits per heavy atom. The molecule has 0 radical (unpaired) electrons. The molecule has 3 rings (SSSR count). The van der Waals surface area contributed by atoms with E-state index in [0.29, 0.717) is 6.54 Å². The van der Waals surface area contributed by atoms with Crippen molar-refractivity contribution < 1.29 is 9.31 Å². The highest BCUT2D eigenvalue weighted by Crippen LogP contribution is 2.26. The summed E-state index contributed by atoms with van der Waals surface area (Å²) in [5.74, 6) is -0.299. The van der Waals surface area contributed by atoms with Crippen molar-refractivity contribution in [3.8, 4) is 0 Å². The van der Waals surface area contributed by atoms with E-state index in [-0.39, 0.29) is 17.5 Å². The van der Waals surface area contributed by atoms with Crippen LogP contribution in [0.25, 0.3) is 10.9 Å². The number of pyridine rings is 1. The van der Waals surface area contributed by atoms with Crippen molar-refractivity contribution in [3.63, 3.8) is 0 Å². The number of halogens is 1. The second-order valence-corrected chi connectivity index (χ2v) is 6.08. The van der Waals surface area contributed by atoms with E-state index < -0.39 is 4.92 Å². The Balaban J connectivity index is 1.88. The summed E-state index contributed by atoms with van der Waals surface area (Å²) in [6.07, 6.45) is 1.69. The van der Waals surface area contributed by atoms with Crippen LogP contribution in [0, 0.1) is 15.9 Å². The van der Waals surface area contributed by atoms with Crippen LogP contribution in [0.5, 0.6) is 0 Å². The molecule has 128 valence electrons. The van der Waals surface area contributed by atoms with Crippen LogP contribution >= 0.6 is 0 Å². The molecule has 1 aromatic heterocycles. The maximum absolute atomic E-state index is 13.9. The first-order valence-electron chi connectivity index (χ1n) is 7.93. The molecule has 0 spiro atoms. The number of hydrogen-bond acceptors (Lipinski definition) is 4. The first-order valence-corrected chi connectivity index (χ1v) is 7.93. The minimum absolute atomic E-state index is 0.0654. The van der Waals surface area contributed by atoms with Gasteiger partial charge >= 0.3 is 0 Å². The van der Waals surface area contributed by atoms with E-state index >= 15 is 0 Å². The van der Waals surface area contributed by atoms with Crippen LogP contribution in [0.1, 0.15) is 24.1 Å². The molecule has 0 amide bonds. The first-order chi connectivity index (χ1) is 12.0. The summed E-state index contributed by atoms with van der Waals surface area (Å²) in [7, 11) is 1.91. The lowest BCUT2D eigenvalue weighted by molar-refractivity contribution is -0.384. The lowest BCUT2D eigenvalue weighted by atomic mass is 10.0. The van der Waals surface area contributed by atoms with Gasteiger partial charge in [-0.1, -0.05) is 18.2 Å². The largest absolute Gasteiger partial charge is 0.295 e. The average Bonchev–Trinajstić information content (AvgIpc) is 2.61. The van der Waals surface area contributed by atoms with Crippen LogP contribution in [0.4, 0.5) is 10.1 Å². The van der Waals surface area contributed by atoms with E-state index in [4.69, 9.17) is 0 Å². The second kappa shape index (κ2) is 6.94. The fourth-order valence-electron chi connectivity index (χ4n) is 2.91. The fraction of sp³-hybridized carbons (Fsp3) is 0.211. The van der Waals surface area contributed by atoms with Gasteiger partial charge in [-0.15, -0.1) is 0 Å². The van der Waals surface area contributed by atoms with Crippen LogP contribution < -0.4 is 0 Å². The summed E-state index contributed by atoms with van der Waals surface area (Å²) in [4.78, 5) is 16.9. The smallest absolute Gasteiger partial charge is 0.269 e. The standard InChI is InChI=1S/C19H18FN3O2/c1-13(14-5-3-7-18(11-14)23(24)25)22(2)12-16-10-17(20)9-15-6-4-8-21-19(15)16/h3-11,13H,12H2,1-2H3. The van der Waals surface area contributed by atoms with Crippen LogP contribution in [0.15, 0.2) is 54.7 Å². The fourth-order valence-corrected chi connectivity index (χ4v) is 2.91. The predicted molar refractivity (Wildman–Crippen MR) is 94.7 cm³/mol. The van der Waals surface area contributed by atoms with Gasteiger partial charge < -0.3 is 0 Å². The molecule has 0 N–H and O–H groups in total. The zero-order valence-electron chi connectivity index (χ0n) is 14.0. The van der Waals surface area contributed by atoms with E-state index in [9.17, 15) is 14.5 Å². The van der Waals surface area contributed by atoms with Gasteiger partial charge in [-0.2, -0.15) is 0 Å². The van der Waals surface area contributed by atoms with Crippen LogP contribution in [0.3, 0.4) is 0 Å². The van der Waals surface area contributed by atoms with Gasteiger partial charge in [-0.3, -0.25) is 20.0 Å². The molecule has 3 aromatic rings. The van der Waals surface area contributed by atoms with Gasteiger partial charge in [0, 0.05) is 36.3 Å². The molecule has 1 heterocycles. The van der Waals surface area contributed by atoms with Gasteiger partial charge in [0.25, 0.3) is 5.69 Å². The predicted octanol–water partition coefficient (Wildman–Crippen LogP) is 4.48. The molecule has 0 aliphatic rings. The molecule has 5 nitrogen and oxygen atoms in total. The molecule has 0 saturated carbocycles. The van der Waals surface area contributed by atoms with E-state index in [0.717, 1.165) is 22.0 Å². The van der Waals surface area contributed by atoms with Crippen molar-refractivity contribution in [2.45, 2.75) is 19.5 Å². The third-order valence-electron chi connectivity index (χ3n) is 4.39. The van der Waals surface area contributed by atoms with Gasteiger partial charge in [-0.05, 0) is 43.3 Å². The van der Waals surface area contributed by atoms with E-state index in [1.165, 1.54) is 18.2 Å². The molecule has 25 heavy (non-hydrogen) atoms. The monoisotopic (exact) mass is 339 g/mol. The molecule has 0 bridgehead atoms. The molecule has 0 fully saturated rings. The quantitative estimate of drug-likeness (QED) is 0.508. The third-order valence-corrected chi connectivity index (χ3v) is 4.39. The number of benzene rings is 2. The highest BCUT2D eigenvalue weighted by molar-refractivity contribution is 5.81. The molecule has 0 aliphatic heterocycles.